The first-order chi connectivity index (χ1) is 14.5. The zero-order chi connectivity index (χ0) is 21.3. The second-order valence-corrected chi connectivity index (χ2v) is 9.08. The highest BCUT2D eigenvalue weighted by molar-refractivity contribution is 7.99. The molecule has 2 aromatic carbocycles. The van der Waals surface area contributed by atoms with E-state index in [2.05, 4.69) is 24.4 Å². The van der Waals surface area contributed by atoms with E-state index in [9.17, 15) is 9.59 Å². The van der Waals surface area contributed by atoms with Crippen LogP contribution in [0.3, 0.4) is 0 Å². The van der Waals surface area contributed by atoms with E-state index < -0.39 is 6.04 Å². The van der Waals surface area contributed by atoms with Crippen molar-refractivity contribution < 1.29 is 9.59 Å². The van der Waals surface area contributed by atoms with E-state index in [1.807, 2.05) is 49.4 Å². The summed E-state index contributed by atoms with van der Waals surface area (Å²) in [4.78, 5) is 27.7. The van der Waals surface area contributed by atoms with Crippen molar-refractivity contribution in [1.82, 2.24) is 10.2 Å². The number of thioether (sulfide) groups is 1. The standard InChI is InChI=1S/C25H32N2O2S/c1-19-10-6-7-13-22(19)17-30-18-24(28)27(16-21-11-4-3-5-12-21)20(2)25(29)26-23-14-8-9-15-23/h3-7,10-13,20,23H,8-9,14-18H2,1-2H3,(H,26,29)/t20-/m1/s1. The quantitative estimate of drug-likeness (QED) is 0.634. The van der Waals surface area contributed by atoms with Crippen molar-refractivity contribution in [3.63, 3.8) is 0 Å². The van der Waals surface area contributed by atoms with Crippen LogP contribution in [-0.4, -0.2) is 34.6 Å². The van der Waals surface area contributed by atoms with Gasteiger partial charge in [0, 0.05) is 18.3 Å². The van der Waals surface area contributed by atoms with Crippen molar-refractivity contribution in [3.8, 4) is 0 Å². The molecule has 1 aliphatic rings. The van der Waals surface area contributed by atoms with Crippen LogP contribution in [0.15, 0.2) is 54.6 Å². The summed E-state index contributed by atoms with van der Waals surface area (Å²) in [5.74, 6) is 1.12. The fraction of sp³-hybridized carbons (Fsp3) is 0.440. The summed E-state index contributed by atoms with van der Waals surface area (Å²) in [6.07, 6.45) is 4.41. The van der Waals surface area contributed by atoms with Crippen LogP contribution in [0, 0.1) is 6.92 Å². The van der Waals surface area contributed by atoms with Gasteiger partial charge in [0.25, 0.3) is 0 Å². The van der Waals surface area contributed by atoms with Crippen molar-refractivity contribution >= 4 is 23.6 Å². The van der Waals surface area contributed by atoms with Crippen molar-refractivity contribution in [2.24, 2.45) is 0 Å². The minimum Gasteiger partial charge on any atom is -0.352 e. The molecule has 0 heterocycles. The molecule has 0 aromatic heterocycles. The van der Waals surface area contributed by atoms with E-state index in [-0.39, 0.29) is 17.9 Å². The summed E-state index contributed by atoms with van der Waals surface area (Å²) in [7, 11) is 0. The average molecular weight is 425 g/mol. The molecule has 4 nitrogen and oxygen atoms in total. The van der Waals surface area contributed by atoms with Crippen LogP contribution in [0.2, 0.25) is 0 Å². The number of amides is 2. The molecule has 0 bridgehead atoms. The molecule has 1 N–H and O–H groups in total. The van der Waals surface area contributed by atoms with Crippen LogP contribution in [0.1, 0.15) is 49.3 Å². The Balaban J connectivity index is 1.63. The molecule has 0 aliphatic heterocycles. The van der Waals surface area contributed by atoms with Gasteiger partial charge in [-0.3, -0.25) is 9.59 Å². The third-order valence-corrected chi connectivity index (χ3v) is 6.78. The summed E-state index contributed by atoms with van der Waals surface area (Å²) in [6, 6.07) is 17.9. The van der Waals surface area contributed by atoms with Crippen molar-refractivity contribution in [3.05, 3.63) is 71.3 Å². The summed E-state index contributed by atoms with van der Waals surface area (Å²) in [6.45, 7) is 4.38. The molecule has 2 amide bonds. The Morgan fingerprint density at radius 1 is 1.07 bits per heavy atom. The second kappa shape index (κ2) is 11.2. The van der Waals surface area contributed by atoms with Crippen LogP contribution in [-0.2, 0) is 21.9 Å². The van der Waals surface area contributed by atoms with Crippen LogP contribution in [0.4, 0.5) is 0 Å². The number of benzene rings is 2. The van der Waals surface area contributed by atoms with E-state index in [0.29, 0.717) is 12.3 Å². The fourth-order valence-electron chi connectivity index (χ4n) is 3.86. The first-order valence-electron chi connectivity index (χ1n) is 10.8. The molecule has 1 aliphatic carbocycles. The molecule has 5 heteroatoms. The minimum absolute atomic E-state index is 0.00603. The minimum atomic E-state index is -0.489. The lowest BCUT2D eigenvalue weighted by atomic mass is 10.1. The lowest BCUT2D eigenvalue weighted by Crippen LogP contribution is -2.50. The van der Waals surface area contributed by atoms with Crippen molar-refractivity contribution in [1.29, 1.82) is 0 Å². The molecule has 30 heavy (non-hydrogen) atoms. The molecule has 0 saturated heterocycles. The van der Waals surface area contributed by atoms with Crippen LogP contribution in [0.25, 0.3) is 0 Å². The molecule has 0 radical (unpaired) electrons. The Labute approximate surface area is 184 Å². The van der Waals surface area contributed by atoms with Gasteiger partial charge < -0.3 is 10.2 Å². The number of hydrogen-bond donors (Lipinski definition) is 1. The molecule has 3 rings (SSSR count). The first-order valence-corrected chi connectivity index (χ1v) is 12.0. The van der Waals surface area contributed by atoms with Crippen LogP contribution >= 0.6 is 11.8 Å². The third-order valence-electron chi connectivity index (χ3n) is 5.81. The highest BCUT2D eigenvalue weighted by Crippen LogP contribution is 2.20. The second-order valence-electron chi connectivity index (χ2n) is 8.09. The van der Waals surface area contributed by atoms with Gasteiger partial charge >= 0.3 is 0 Å². The Bertz CT molecular complexity index is 834. The maximum Gasteiger partial charge on any atom is 0.242 e. The number of aryl methyl sites for hydroxylation is 1. The van der Waals surface area contributed by atoms with E-state index >= 15 is 0 Å². The number of nitrogens with zero attached hydrogens (tertiary/aromatic N) is 1. The smallest absolute Gasteiger partial charge is 0.242 e. The van der Waals surface area contributed by atoms with Gasteiger partial charge in [0.05, 0.1) is 5.75 Å². The number of carbonyl (C=O) groups is 2. The molecule has 1 fully saturated rings. The maximum absolute atomic E-state index is 13.1. The molecule has 1 atom stereocenters. The van der Waals surface area contributed by atoms with E-state index in [4.69, 9.17) is 0 Å². The number of hydrogen-bond acceptors (Lipinski definition) is 3. The zero-order valence-corrected chi connectivity index (χ0v) is 18.8. The van der Waals surface area contributed by atoms with Gasteiger partial charge in [0.15, 0.2) is 0 Å². The van der Waals surface area contributed by atoms with Gasteiger partial charge in [-0.1, -0.05) is 67.4 Å². The van der Waals surface area contributed by atoms with Gasteiger partial charge in [-0.25, -0.2) is 0 Å². The molecule has 160 valence electrons. The predicted molar refractivity (Wildman–Crippen MR) is 124 cm³/mol. The maximum atomic E-state index is 13.1. The molecule has 2 aromatic rings. The van der Waals surface area contributed by atoms with Gasteiger partial charge in [0.2, 0.25) is 11.8 Å². The Morgan fingerprint density at radius 2 is 1.73 bits per heavy atom. The van der Waals surface area contributed by atoms with Gasteiger partial charge in [-0.2, -0.15) is 0 Å². The van der Waals surface area contributed by atoms with E-state index in [0.717, 1.165) is 24.2 Å². The highest BCUT2D eigenvalue weighted by atomic mass is 32.2. The van der Waals surface area contributed by atoms with Crippen molar-refractivity contribution in [2.45, 2.75) is 63.9 Å². The Hall–Kier alpha value is -2.27. The zero-order valence-electron chi connectivity index (χ0n) is 18.0. The van der Waals surface area contributed by atoms with Gasteiger partial charge in [-0.05, 0) is 43.4 Å². The normalized spacial score (nSPS) is 15.0. The third kappa shape index (κ3) is 6.36. The largest absolute Gasteiger partial charge is 0.352 e. The highest BCUT2D eigenvalue weighted by Gasteiger charge is 2.28. The van der Waals surface area contributed by atoms with E-state index in [1.165, 1.54) is 24.0 Å². The summed E-state index contributed by atoms with van der Waals surface area (Å²) < 4.78 is 0. The topological polar surface area (TPSA) is 49.4 Å². The molecule has 0 unspecified atom stereocenters. The molecule has 0 spiro atoms. The molecular formula is C25H32N2O2S. The SMILES string of the molecule is Cc1ccccc1CSCC(=O)N(Cc1ccccc1)[C@H](C)C(=O)NC1CCCC1. The Morgan fingerprint density at radius 3 is 2.43 bits per heavy atom. The van der Waals surface area contributed by atoms with Gasteiger partial charge in [-0.15, -0.1) is 11.8 Å². The van der Waals surface area contributed by atoms with Gasteiger partial charge in [0.1, 0.15) is 6.04 Å². The molecule has 1 saturated carbocycles. The number of rotatable bonds is 9. The lowest BCUT2D eigenvalue weighted by molar-refractivity contribution is -0.138. The van der Waals surface area contributed by atoms with E-state index in [1.54, 1.807) is 16.7 Å². The number of nitrogens with one attached hydrogen (secondary N) is 1. The Kier molecular flexibility index (Phi) is 8.38. The summed E-state index contributed by atoms with van der Waals surface area (Å²) in [5.41, 5.74) is 3.52. The fourth-order valence-corrected chi connectivity index (χ4v) is 4.84. The summed E-state index contributed by atoms with van der Waals surface area (Å²) in [5, 5.41) is 3.15. The molecular weight excluding hydrogens is 392 g/mol. The predicted octanol–water partition coefficient (Wildman–Crippen LogP) is 4.70. The average Bonchev–Trinajstić information content (AvgIpc) is 3.26. The van der Waals surface area contributed by atoms with Crippen LogP contribution < -0.4 is 5.32 Å². The number of carbonyl (C=O) groups excluding carboxylic acids is 2. The monoisotopic (exact) mass is 424 g/mol. The summed E-state index contributed by atoms with van der Waals surface area (Å²) >= 11 is 1.61. The lowest BCUT2D eigenvalue weighted by Gasteiger charge is -2.29. The first kappa shape index (κ1) is 22.4. The van der Waals surface area contributed by atoms with Crippen LogP contribution in [0.5, 0.6) is 0 Å². The van der Waals surface area contributed by atoms with Crippen molar-refractivity contribution in [2.75, 3.05) is 5.75 Å².